The Morgan fingerprint density at radius 2 is 1.64 bits per heavy atom. The lowest BCUT2D eigenvalue weighted by atomic mass is 9.86. The molecule has 0 saturated heterocycles. The van der Waals surface area contributed by atoms with Gasteiger partial charge in [0.05, 0.1) is 0 Å². The minimum absolute atomic E-state index is 0.281. The minimum Gasteiger partial charge on any atom is -0.309 e. The van der Waals surface area contributed by atoms with Gasteiger partial charge in [0, 0.05) is 11.6 Å². The Labute approximate surface area is 71.6 Å². The summed E-state index contributed by atoms with van der Waals surface area (Å²) in [5.41, 5.74) is 0.281. The first-order chi connectivity index (χ1) is 4.90. The zero-order valence-corrected chi connectivity index (χ0v) is 8.86. The van der Waals surface area contributed by atoms with E-state index in [4.69, 9.17) is 0 Å². The molecule has 1 heteroatoms. The fourth-order valence-electron chi connectivity index (χ4n) is 1.40. The maximum atomic E-state index is 3.57. The van der Waals surface area contributed by atoms with Crippen molar-refractivity contribution in [1.29, 1.82) is 0 Å². The second kappa shape index (κ2) is 4.10. The smallest absolute Gasteiger partial charge is 0.0152 e. The van der Waals surface area contributed by atoms with Crippen molar-refractivity contribution in [1.82, 2.24) is 5.32 Å². The van der Waals surface area contributed by atoms with Gasteiger partial charge in [0.25, 0.3) is 0 Å². The molecule has 0 spiro atoms. The average molecular weight is 157 g/mol. The summed E-state index contributed by atoms with van der Waals surface area (Å²) in [6, 6.07) is 0.582. The highest BCUT2D eigenvalue weighted by atomic mass is 15.0. The lowest BCUT2D eigenvalue weighted by molar-refractivity contribution is 0.245. The maximum absolute atomic E-state index is 3.57. The Morgan fingerprint density at radius 3 is 1.91 bits per heavy atom. The van der Waals surface area contributed by atoms with Gasteiger partial charge >= 0.3 is 0 Å². The summed E-state index contributed by atoms with van der Waals surface area (Å²) >= 11 is 0. The molecule has 0 saturated carbocycles. The highest BCUT2D eigenvalue weighted by molar-refractivity contribution is 4.83. The lowest BCUT2D eigenvalue weighted by Crippen LogP contribution is -2.48. The highest BCUT2D eigenvalue weighted by Crippen LogP contribution is 2.19. The first-order valence-electron chi connectivity index (χ1n) is 4.67. The zero-order chi connectivity index (χ0) is 9.07. The molecular formula is C10H23N. The van der Waals surface area contributed by atoms with E-state index in [1.807, 2.05) is 0 Å². The second-order valence-corrected chi connectivity index (χ2v) is 4.33. The van der Waals surface area contributed by atoms with Gasteiger partial charge in [0.1, 0.15) is 0 Å². The van der Waals surface area contributed by atoms with Crippen molar-refractivity contribution in [2.45, 2.75) is 59.5 Å². The van der Waals surface area contributed by atoms with Crippen LogP contribution in [0.1, 0.15) is 48.0 Å². The summed E-state index contributed by atoms with van der Waals surface area (Å²) in [4.78, 5) is 0. The van der Waals surface area contributed by atoms with Gasteiger partial charge in [0.2, 0.25) is 0 Å². The van der Waals surface area contributed by atoms with Crippen LogP contribution in [0.4, 0.5) is 0 Å². The molecule has 0 radical (unpaired) electrons. The Hall–Kier alpha value is -0.0400. The second-order valence-electron chi connectivity index (χ2n) is 4.33. The molecule has 68 valence electrons. The van der Waals surface area contributed by atoms with Crippen molar-refractivity contribution in [2.75, 3.05) is 0 Å². The van der Waals surface area contributed by atoms with Crippen LogP contribution in [-0.2, 0) is 0 Å². The zero-order valence-electron chi connectivity index (χ0n) is 8.86. The number of rotatable bonds is 4. The van der Waals surface area contributed by atoms with Gasteiger partial charge in [-0.3, -0.25) is 0 Å². The third kappa shape index (κ3) is 3.76. The minimum atomic E-state index is 0.281. The molecule has 0 heterocycles. The quantitative estimate of drug-likeness (QED) is 0.661. The third-order valence-corrected chi connectivity index (χ3v) is 2.51. The highest BCUT2D eigenvalue weighted by Gasteiger charge is 2.24. The van der Waals surface area contributed by atoms with Gasteiger partial charge in [-0.2, -0.15) is 0 Å². The molecule has 0 aromatic heterocycles. The fourth-order valence-corrected chi connectivity index (χ4v) is 1.40. The standard InChI is InChI=1S/C10H23N/c1-7-9(4)10(5,6)11-8(2)3/h8-9,11H,7H2,1-6H3. The number of hydrogen-bond donors (Lipinski definition) is 1. The third-order valence-electron chi connectivity index (χ3n) is 2.51. The van der Waals surface area contributed by atoms with Crippen LogP contribution in [0.25, 0.3) is 0 Å². The van der Waals surface area contributed by atoms with Gasteiger partial charge in [-0.15, -0.1) is 0 Å². The van der Waals surface area contributed by atoms with Crippen molar-refractivity contribution in [3.05, 3.63) is 0 Å². The van der Waals surface area contributed by atoms with Crippen LogP contribution in [0.15, 0.2) is 0 Å². The van der Waals surface area contributed by atoms with Crippen molar-refractivity contribution in [2.24, 2.45) is 5.92 Å². The molecule has 0 aliphatic rings. The van der Waals surface area contributed by atoms with E-state index in [-0.39, 0.29) is 5.54 Å². The summed E-state index contributed by atoms with van der Waals surface area (Å²) in [6.45, 7) is 13.5. The van der Waals surface area contributed by atoms with E-state index in [1.165, 1.54) is 6.42 Å². The largest absolute Gasteiger partial charge is 0.309 e. The molecule has 0 bridgehead atoms. The molecule has 0 aliphatic heterocycles. The van der Waals surface area contributed by atoms with Crippen molar-refractivity contribution >= 4 is 0 Å². The van der Waals surface area contributed by atoms with Crippen LogP contribution in [0.2, 0.25) is 0 Å². The van der Waals surface area contributed by atoms with Crippen LogP contribution >= 0.6 is 0 Å². The first kappa shape index (κ1) is 11.0. The summed E-state index contributed by atoms with van der Waals surface area (Å²) in [6.07, 6.45) is 1.24. The van der Waals surface area contributed by atoms with E-state index >= 15 is 0 Å². The van der Waals surface area contributed by atoms with Gasteiger partial charge in [-0.1, -0.05) is 34.1 Å². The Morgan fingerprint density at radius 1 is 1.18 bits per heavy atom. The maximum Gasteiger partial charge on any atom is 0.0152 e. The molecule has 0 amide bonds. The van der Waals surface area contributed by atoms with E-state index in [1.54, 1.807) is 0 Å². The molecule has 1 N–H and O–H groups in total. The molecule has 0 rings (SSSR count). The van der Waals surface area contributed by atoms with Gasteiger partial charge in [-0.05, 0) is 19.8 Å². The van der Waals surface area contributed by atoms with Crippen LogP contribution in [0.3, 0.4) is 0 Å². The van der Waals surface area contributed by atoms with E-state index in [9.17, 15) is 0 Å². The van der Waals surface area contributed by atoms with Crippen molar-refractivity contribution in [3.63, 3.8) is 0 Å². The Balaban J connectivity index is 3.98. The molecule has 1 nitrogen and oxygen atoms in total. The van der Waals surface area contributed by atoms with Crippen LogP contribution < -0.4 is 5.32 Å². The van der Waals surface area contributed by atoms with Crippen molar-refractivity contribution < 1.29 is 0 Å². The predicted octanol–water partition coefficient (Wildman–Crippen LogP) is 2.81. The monoisotopic (exact) mass is 157 g/mol. The van der Waals surface area contributed by atoms with Gasteiger partial charge < -0.3 is 5.32 Å². The fraction of sp³-hybridized carbons (Fsp3) is 1.00. The Kier molecular flexibility index (Phi) is 4.09. The molecular weight excluding hydrogens is 134 g/mol. The lowest BCUT2D eigenvalue weighted by Gasteiger charge is -2.34. The predicted molar refractivity (Wildman–Crippen MR) is 51.8 cm³/mol. The SMILES string of the molecule is CCC(C)C(C)(C)NC(C)C. The number of nitrogens with one attached hydrogen (secondary N) is 1. The van der Waals surface area contributed by atoms with E-state index in [0.717, 1.165) is 5.92 Å². The summed E-state index contributed by atoms with van der Waals surface area (Å²) in [5.74, 6) is 0.741. The first-order valence-corrected chi connectivity index (χ1v) is 4.67. The Bertz CT molecular complexity index is 105. The summed E-state index contributed by atoms with van der Waals surface area (Å²) in [7, 11) is 0. The molecule has 0 aliphatic carbocycles. The van der Waals surface area contributed by atoms with E-state index < -0.39 is 0 Å². The molecule has 0 fully saturated rings. The average Bonchev–Trinajstić information content (AvgIpc) is 1.83. The normalized spacial score (nSPS) is 15.5. The van der Waals surface area contributed by atoms with Crippen molar-refractivity contribution in [3.8, 4) is 0 Å². The van der Waals surface area contributed by atoms with Gasteiger partial charge in [-0.25, -0.2) is 0 Å². The summed E-state index contributed by atoms with van der Waals surface area (Å²) in [5, 5.41) is 3.57. The summed E-state index contributed by atoms with van der Waals surface area (Å²) < 4.78 is 0. The van der Waals surface area contributed by atoms with E-state index in [2.05, 4.69) is 46.9 Å². The van der Waals surface area contributed by atoms with Crippen LogP contribution in [0, 0.1) is 5.92 Å². The molecule has 0 aromatic carbocycles. The molecule has 11 heavy (non-hydrogen) atoms. The van der Waals surface area contributed by atoms with Gasteiger partial charge in [0.15, 0.2) is 0 Å². The van der Waals surface area contributed by atoms with Crippen LogP contribution in [-0.4, -0.2) is 11.6 Å². The van der Waals surface area contributed by atoms with E-state index in [0.29, 0.717) is 6.04 Å². The number of hydrogen-bond acceptors (Lipinski definition) is 1. The molecule has 1 atom stereocenters. The molecule has 1 unspecified atom stereocenters. The molecule has 0 aromatic rings. The topological polar surface area (TPSA) is 12.0 Å². The van der Waals surface area contributed by atoms with Crippen LogP contribution in [0.5, 0.6) is 0 Å².